The Kier molecular flexibility index (Phi) is 3.32. The van der Waals surface area contributed by atoms with Crippen molar-refractivity contribution in [3.8, 4) is 0 Å². The first kappa shape index (κ1) is 8.77. The zero-order valence-corrected chi connectivity index (χ0v) is 6.86. The van der Waals surface area contributed by atoms with Crippen LogP contribution in [-0.2, 0) is 11.3 Å². The van der Waals surface area contributed by atoms with Gasteiger partial charge in [0.2, 0.25) is 5.91 Å². The lowest BCUT2D eigenvalue weighted by Gasteiger charge is -2.02. The summed E-state index contributed by atoms with van der Waals surface area (Å²) in [6.45, 7) is 4.75. The molecule has 65 valence electrons. The molecule has 12 heavy (non-hydrogen) atoms. The van der Waals surface area contributed by atoms with Gasteiger partial charge in [-0.2, -0.15) is 0 Å². The third kappa shape index (κ3) is 3.18. The number of hydrogen-bond donors (Lipinski definition) is 1. The van der Waals surface area contributed by atoms with Crippen molar-refractivity contribution in [3.05, 3.63) is 25.6 Å². The highest BCUT2D eigenvalue weighted by Crippen LogP contribution is 1.88. The molecule has 0 spiro atoms. The van der Waals surface area contributed by atoms with Gasteiger partial charge >= 0.3 is 0 Å². The molecule has 1 aromatic rings. The molecule has 0 aliphatic rings. The fraction of sp³-hybridized carbons (Fsp3) is 0.375. The van der Waals surface area contributed by atoms with E-state index in [-0.39, 0.29) is 5.91 Å². The molecule has 0 aliphatic carbocycles. The van der Waals surface area contributed by atoms with Crippen LogP contribution in [0, 0.1) is 6.92 Å². The Hall–Kier alpha value is -1.32. The molecule has 0 unspecified atom stereocenters. The highest BCUT2D eigenvalue weighted by atomic mass is 16.1. The smallest absolute Gasteiger partial charge is 0.220 e. The largest absolute Gasteiger partial charge is 0.356 e. The average Bonchev–Trinajstić information content (AvgIpc) is 2.49. The minimum Gasteiger partial charge on any atom is -0.356 e. The third-order valence-electron chi connectivity index (χ3n) is 1.47. The molecule has 0 bridgehead atoms. The van der Waals surface area contributed by atoms with Crippen LogP contribution >= 0.6 is 0 Å². The topological polar surface area (TPSA) is 46.9 Å². The summed E-state index contributed by atoms with van der Waals surface area (Å²) in [5.74, 6) is -0.222. The number of rotatable bonds is 4. The molecule has 4 heteroatoms. The molecule has 0 aliphatic heterocycles. The summed E-state index contributed by atoms with van der Waals surface area (Å²) in [7, 11) is 0. The van der Waals surface area contributed by atoms with Crippen LogP contribution in [0.15, 0.2) is 18.7 Å². The quantitative estimate of drug-likeness (QED) is 0.650. The van der Waals surface area contributed by atoms with E-state index in [1.165, 1.54) is 0 Å². The fourth-order valence-corrected chi connectivity index (χ4v) is 0.908. The van der Waals surface area contributed by atoms with E-state index in [2.05, 4.69) is 17.2 Å². The van der Waals surface area contributed by atoms with E-state index in [4.69, 9.17) is 0 Å². The minimum absolute atomic E-state index is 0.222. The van der Waals surface area contributed by atoms with Crippen molar-refractivity contribution in [3.63, 3.8) is 0 Å². The van der Waals surface area contributed by atoms with Gasteiger partial charge in [0, 0.05) is 32.4 Å². The van der Waals surface area contributed by atoms with Crippen molar-refractivity contribution >= 4 is 5.91 Å². The molecule has 0 fully saturated rings. The molecule has 0 saturated heterocycles. The van der Waals surface area contributed by atoms with E-state index >= 15 is 0 Å². The number of carbonyl (C=O) groups is 1. The fourth-order valence-electron chi connectivity index (χ4n) is 0.908. The number of nitrogens with one attached hydrogen (secondary N) is 1. The first-order valence-electron chi connectivity index (χ1n) is 3.84. The van der Waals surface area contributed by atoms with Crippen molar-refractivity contribution < 1.29 is 4.79 Å². The molecule has 0 atom stereocenters. The van der Waals surface area contributed by atoms with E-state index in [1.807, 2.05) is 10.8 Å². The van der Waals surface area contributed by atoms with Crippen LogP contribution in [0.4, 0.5) is 0 Å². The first-order chi connectivity index (χ1) is 5.79. The molecule has 1 N–H and O–H groups in total. The molecule has 1 amide bonds. The number of imidazole rings is 1. The number of aromatic nitrogens is 2. The molecule has 0 saturated carbocycles. The number of amides is 1. The van der Waals surface area contributed by atoms with Crippen molar-refractivity contribution in [2.24, 2.45) is 0 Å². The summed E-state index contributed by atoms with van der Waals surface area (Å²) in [5, 5.41) is 2.62. The highest BCUT2D eigenvalue weighted by Gasteiger charge is 1.91. The van der Waals surface area contributed by atoms with Crippen molar-refractivity contribution in [2.45, 2.75) is 13.0 Å². The van der Waals surface area contributed by atoms with Gasteiger partial charge in [-0.05, 0) is 6.42 Å². The predicted octanol–water partition coefficient (Wildman–Crippen LogP) is 0.223. The van der Waals surface area contributed by atoms with Crippen LogP contribution in [0.3, 0.4) is 0 Å². The molecule has 1 aromatic heterocycles. The van der Waals surface area contributed by atoms with Gasteiger partial charge in [-0.1, -0.05) is 0 Å². The Morgan fingerprint density at radius 2 is 2.50 bits per heavy atom. The lowest BCUT2D eigenvalue weighted by molar-refractivity contribution is -0.116. The van der Waals surface area contributed by atoms with Gasteiger partial charge in [-0.25, -0.2) is 4.98 Å². The van der Waals surface area contributed by atoms with E-state index in [1.54, 1.807) is 12.5 Å². The zero-order valence-electron chi connectivity index (χ0n) is 6.86. The van der Waals surface area contributed by atoms with Gasteiger partial charge in [0.05, 0.1) is 6.33 Å². The Labute approximate surface area is 71.6 Å². The minimum atomic E-state index is -0.222. The second-order valence-corrected chi connectivity index (χ2v) is 2.50. The molecule has 4 nitrogen and oxygen atoms in total. The van der Waals surface area contributed by atoms with Crippen molar-refractivity contribution in [2.75, 3.05) is 6.54 Å². The molecular weight excluding hydrogens is 154 g/mol. The first-order valence-corrected chi connectivity index (χ1v) is 3.84. The van der Waals surface area contributed by atoms with Crippen LogP contribution in [0.1, 0.15) is 6.42 Å². The van der Waals surface area contributed by atoms with Gasteiger partial charge < -0.3 is 9.88 Å². The van der Waals surface area contributed by atoms with Crippen LogP contribution < -0.4 is 5.32 Å². The predicted molar refractivity (Wildman–Crippen MR) is 45.2 cm³/mol. The van der Waals surface area contributed by atoms with E-state index in [0.717, 1.165) is 13.0 Å². The standard InChI is InChI=1S/C8H12N3O/c1-8(12)10-3-2-5-11-6-4-9-7-11/h4,6-7H,1-3,5H2,(H,10,12). The molecule has 1 heterocycles. The summed E-state index contributed by atoms with van der Waals surface area (Å²) in [5.41, 5.74) is 0. The number of nitrogens with zero attached hydrogens (tertiary/aromatic N) is 2. The Morgan fingerprint density at radius 1 is 1.67 bits per heavy atom. The lowest BCUT2D eigenvalue weighted by Crippen LogP contribution is -2.22. The van der Waals surface area contributed by atoms with Crippen LogP contribution in [-0.4, -0.2) is 22.0 Å². The monoisotopic (exact) mass is 166 g/mol. The average molecular weight is 166 g/mol. The molecular formula is C8H12N3O. The number of hydrogen-bond acceptors (Lipinski definition) is 2. The maximum atomic E-state index is 10.4. The van der Waals surface area contributed by atoms with Gasteiger partial charge in [0.15, 0.2) is 0 Å². The van der Waals surface area contributed by atoms with Gasteiger partial charge in [0.25, 0.3) is 0 Å². The normalized spacial score (nSPS) is 9.75. The van der Waals surface area contributed by atoms with E-state index in [0.29, 0.717) is 6.54 Å². The van der Waals surface area contributed by atoms with Crippen LogP contribution in [0.25, 0.3) is 0 Å². The van der Waals surface area contributed by atoms with Gasteiger partial charge in [0.1, 0.15) is 0 Å². The Balaban J connectivity index is 2.07. The summed E-state index contributed by atoms with van der Waals surface area (Å²) in [6, 6.07) is 0. The lowest BCUT2D eigenvalue weighted by atomic mass is 10.4. The van der Waals surface area contributed by atoms with Crippen molar-refractivity contribution in [1.29, 1.82) is 0 Å². The summed E-state index contributed by atoms with van der Waals surface area (Å²) >= 11 is 0. The summed E-state index contributed by atoms with van der Waals surface area (Å²) in [4.78, 5) is 14.3. The maximum Gasteiger partial charge on any atom is 0.220 e. The maximum absolute atomic E-state index is 10.4. The van der Waals surface area contributed by atoms with E-state index < -0.39 is 0 Å². The Morgan fingerprint density at radius 3 is 3.08 bits per heavy atom. The third-order valence-corrected chi connectivity index (χ3v) is 1.47. The van der Waals surface area contributed by atoms with Crippen LogP contribution in [0.2, 0.25) is 0 Å². The number of aryl methyl sites for hydroxylation is 1. The SMILES string of the molecule is [CH2]C(=O)NCCCn1ccnc1. The second kappa shape index (κ2) is 4.54. The summed E-state index contributed by atoms with van der Waals surface area (Å²) in [6.07, 6.45) is 6.29. The molecule has 1 rings (SSSR count). The highest BCUT2D eigenvalue weighted by molar-refractivity contribution is 5.79. The second-order valence-electron chi connectivity index (χ2n) is 2.50. The van der Waals surface area contributed by atoms with Gasteiger partial charge in [-0.3, -0.25) is 4.79 Å². The van der Waals surface area contributed by atoms with E-state index in [9.17, 15) is 4.79 Å². The summed E-state index contributed by atoms with van der Waals surface area (Å²) < 4.78 is 1.97. The molecule has 0 aromatic carbocycles. The Bertz CT molecular complexity index is 230. The van der Waals surface area contributed by atoms with Crippen LogP contribution in [0.5, 0.6) is 0 Å². The number of carbonyl (C=O) groups excluding carboxylic acids is 1. The zero-order chi connectivity index (χ0) is 8.81. The van der Waals surface area contributed by atoms with Crippen molar-refractivity contribution in [1.82, 2.24) is 14.9 Å². The molecule has 1 radical (unpaired) electrons. The van der Waals surface area contributed by atoms with Gasteiger partial charge in [-0.15, -0.1) is 0 Å².